The van der Waals surface area contributed by atoms with Gasteiger partial charge < -0.3 is 9.84 Å². The van der Waals surface area contributed by atoms with E-state index in [0.717, 1.165) is 46.3 Å². The lowest BCUT2D eigenvalue weighted by Gasteiger charge is -2.36. The summed E-state index contributed by atoms with van der Waals surface area (Å²) in [5, 5.41) is 10.0. The second-order valence-electron chi connectivity index (χ2n) is 13.5. The van der Waals surface area contributed by atoms with Crippen LogP contribution in [0.25, 0.3) is 0 Å². The normalized spacial score (nSPS) is 19.2. The largest absolute Gasteiger partial charge is 0.462 e. The molecule has 1 aliphatic rings. The summed E-state index contributed by atoms with van der Waals surface area (Å²) in [5.74, 6) is 6.43. The van der Waals surface area contributed by atoms with Crippen molar-refractivity contribution in [2.45, 2.75) is 120 Å². The topological polar surface area (TPSA) is 80.7 Å². The lowest BCUT2D eigenvalue weighted by atomic mass is 9.72. The van der Waals surface area contributed by atoms with Crippen molar-refractivity contribution in [1.29, 1.82) is 0 Å². The van der Waals surface area contributed by atoms with E-state index < -0.39 is 6.10 Å². The third-order valence-electron chi connectivity index (χ3n) is 7.99. The Hall–Kier alpha value is -4.01. The third-order valence-corrected chi connectivity index (χ3v) is 7.99. The molecule has 5 heteroatoms. The summed E-state index contributed by atoms with van der Waals surface area (Å²) in [6.07, 6.45) is 21.3. The highest BCUT2D eigenvalue weighted by molar-refractivity contribution is 5.96. The summed E-state index contributed by atoms with van der Waals surface area (Å²) in [4.78, 5) is 35.2. The van der Waals surface area contributed by atoms with E-state index >= 15 is 0 Å². The average molecular weight is 641 g/mol. The zero-order valence-corrected chi connectivity index (χ0v) is 30.5. The smallest absolute Gasteiger partial charge is 0.302 e. The van der Waals surface area contributed by atoms with Gasteiger partial charge in [-0.1, -0.05) is 114 Å². The fraction of sp³-hybridized carbons (Fsp3) is 0.452. The van der Waals surface area contributed by atoms with Crippen molar-refractivity contribution < 1.29 is 24.2 Å². The minimum absolute atomic E-state index is 0.0381. The van der Waals surface area contributed by atoms with Gasteiger partial charge in [-0.05, 0) is 79.4 Å². The number of ketones is 2. The molecule has 254 valence electrons. The fourth-order valence-electron chi connectivity index (χ4n) is 5.33. The first-order valence-electron chi connectivity index (χ1n) is 16.4. The molecule has 47 heavy (non-hydrogen) atoms. The highest BCUT2D eigenvalue weighted by atomic mass is 16.5. The number of hydrogen-bond acceptors (Lipinski definition) is 5. The lowest BCUT2D eigenvalue weighted by molar-refractivity contribution is -0.147. The van der Waals surface area contributed by atoms with Gasteiger partial charge in [0.25, 0.3) is 0 Å². The van der Waals surface area contributed by atoms with Crippen molar-refractivity contribution in [2.24, 2.45) is 5.41 Å². The van der Waals surface area contributed by atoms with E-state index in [1.807, 2.05) is 102 Å². The molecule has 0 radical (unpaired) electrons. The van der Waals surface area contributed by atoms with Gasteiger partial charge in [0.15, 0.2) is 5.78 Å². The zero-order chi connectivity index (χ0) is 35.7. The minimum Gasteiger partial charge on any atom is -0.462 e. The lowest BCUT2D eigenvalue weighted by Crippen LogP contribution is -2.31. The fourth-order valence-corrected chi connectivity index (χ4v) is 5.33. The Labute approximate surface area is 284 Å². The summed E-state index contributed by atoms with van der Waals surface area (Å²) >= 11 is 0. The average Bonchev–Trinajstić information content (AvgIpc) is 2.93. The summed E-state index contributed by atoms with van der Waals surface area (Å²) in [5.41, 5.74) is 7.84. The van der Waals surface area contributed by atoms with Gasteiger partial charge in [-0.3, -0.25) is 14.4 Å². The second-order valence-corrected chi connectivity index (χ2v) is 13.5. The van der Waals surface area contributed by atoms with Gasteiger partial charge in [-0.2, -0.15) is 0 Å². The first kappa shape index (κ1) is 41.0. The van der Waals surface area contributed by atoms with Crippen LogP contribution < -0.4 is 0 Å². The molecular formula is C42H56O5. The highest BCUT2D eigenvalue weighted by Gasteiger charge is 2.34. The van der Waals surface area contributed by atoms with Gasteiger partial charge >= 0.3 is 5.97 Å². The Bertz CT molecular complexity index is 1500. The number of allylic oxidation sites excluding steroid dienone is 16. The number of esters is 1. The molecular weight excluding hydrogens is 584 g/mol. The summed E-state index contributed by atoms with van der Waals surface area (Å²) in [6.45, 7) is 21.0. The number of Topliss-reactive ketones (excluding diaryl/α,β-unsaturated/α-hetero) is 2. The van der Waals surface area contributed by atoms with Gasteiger partial charge in [-0.15, -0.1) is 0 Å². The molecule has 2 atom stereocenters. The molecule has 0 spiro atoms. The highest BCUT2D eigenvalue weighted by Crippen LogP contribution is 2.41. The van der Waals surface area contributed by atoms with Crippen molar-refractivity contribution >= 4 is 17.5 Å². The number of carbonyl (C=O) groups is 3. The summed E-state index contributed by atoms with van der Waals surface area (Å²) in [6, 6.07) is 0. The van der Waals surface area contributed by atoms with Crippen molar-refractivity contribution in [2.75, 3.05) is 0 Å². The number of aliphatic hydroxyl groups is 1. The Morgan fingerprint density at radius 3 is 1.96 bits per heavy atom. The summed E-state index contributed by atoms with van der Waals surface area (Å²) in [7, 11) is 0. The van der Waals surface area contributed by atoms with Crippen LogP contribution in [0.5, 0.6) is 0 Å². The van der Waals surface area contributed by atoms with Crippen LogP contribution >= 0.6 is 0 Å². The molecule has 1 rings (SSSR count). The molecule has 0 bridgehead atoms. The van der Waals surface area contributed by atoms with Crippen LogP contribution in [0, 0.1) is 17.3 Å². The van der Waals surface area contributed by atoms with E-state index in [1.54, 1.807) is 0 Å². The molecule has 0 aromatic carbocycles. The van der Waals surface area contributed by atoms with Gasteiger partial charge in [0.1, 0.15) is 11.9 Å². The van der Waals surface area contributed by atoms with E-state index in [1.165, 1.54) is 19.4 Å². The van der Waals surface area contributed by atoms with Crippen molar-refractivity contribution in [3.63, 3.8) is 0 Å². The van der Waals surface area contributed by atoms with Gasteiger partial charge in [0, 0.05) is 37.2 Å². The van der Waals surface area contributed by atoms with E-state index in [9.17, 15) is 19.5 Å². The van der Waals surface area contributed by atoms with Gasteiger partial charge in [-0.25, -0.2) is 0 Å². The van der Waals surface area contributed by atoms with E-state index in [2.05, 4.69) is 32.6 Å². The molecule has 0 saturated carbocycles. The number of carbonyl (C=O) groups excluding carboxylic acids is 3. The standard InChI is InChI=1S/C42H56O5/c1-29(18-14-19-31(3)22-23-40-35(7)25-39(47-37(9)44)28-42(40,10)11)16-12-13-17-30(2)20-15-21-32(4)41(46)26-34(6)33(5)24-38(45)27-36(8)43/h12-21,38-39,45H,24-28H2,1-11H3. The molecule has 0 aliphatic heterocycles. The van der Waals surface area contributed by atoms with Crippen LogP contribution in [0.4, 0.5) is 0 Å². The molecule has 0 fully saturated rings. The number of aliphatic hydroxyl groups excluding tert-OH is 1. The van der Waals surface area contributed by atoms with Crippen LogP contribution in [0.15, 0.2) is 105 Å². The number of rotatable bonds is 14. The quantitative estimate of drug-likeness (QED) is 0.0672. The van der Waals surface area contributed by atoms with Crippen LogP contribution in [0.2, 0.25) is 0 Å². The van der Waals surface area contributed by atoms with Gasteiger partial charge in [0.2, 0.25) is 0 Å². The molecule has 5 nitrogen and oxygen atoms in total. The molecule has 0 aromatic heterocycles. The monoisotopic (exact) mass is 640 g/mol. The van der Waals surface area contributed by atoms with E-state index in [0.29, 0.717) is 18.4 Å². The molecule has 0 saturated heterocycles. The maximum Gasteiger partial charge on any atom is 0.302 e. The predicted octanol–water partition coefficient (Wildman–Crippen LogP) is 9.54. The SMILES string of the molecule is CC(=O)CC(O)CC(C)=C(C)CC(=O)C(C)=CC=CC(C)=CC=CC=C(C)C=CC=C(C)C#CC1=C(C)CC(OC(C)=O)CC1(C)C. The predicted molar refractivity (Wildman–Crippen MR) is 195 cm³/mol. The van der Waals surface area contributed by atoms with Crippen LogP contribution in [-0.2, 0) is 19.1 Å². The van der Waals surface area contributed by atoms with Crippen LogP contribution in [0.3, 0.4) is 0 Å². The first-order valence-corrected chi connectivity index (χ1v) is 16.4. The number of hydrogen-bond donors (Lipinski definition) is 1. The molecule has 1 aliphatic carbocycles. The first-order chi connectivity index (χ1) is 21.9. The Kier molecular flexibility index (Phi) is 17.7. The minimum atomic E-state index is -0.705. The van der Waals surface area contributed by atoms with Crippen LogP contribution in [0.1, 0.15) is 108 Å². The molecule has 2 unspecified atom stereocenters. The van der Waals surface area contributed by atoms with Crippen LogP contribution in [-0.4, -0.2) is 34.9 Å². The third kappa shape index (κ3) is 16.9. The maximum atomic E-state index is 12.6. The summed E-state index contributed by atoms with van der Waals surface area (Å²) < 4.78 is 5.47. The second kappa shape index (κ2) is 20.3. The molecule has 0 heterocycles. The molecule has 0 amide bonds. The van der Waals surface area contributed by atoms with Gasteiger partial charge in [0.05, 0.1) is 6.10 Å². The molecule has 1 N–H and O–H groups in total. The Morgan fingerprint density at radius 2 is 1.43 bits per heavy atom. The molecule has 0 aromatic rings. The van der Waals surface area contributed by atoms with Crippen molar-refractivity contribution in [1.82, 2.24) is 0 Å². The number of ether oxygens (including phenoxy) is 1. The van der Waals surface area contributed by atoms with E-state index in [-0.39, 0.29) is 35.5 Å². The zero-order valence-electron chi connectivity index (χ0n) is 30.5. The van der Waals surface area contributed by atoms with Crippen molar-refractivity contribution in [3.05, 3.63) is 105 Å². The Morgan fingerprint density at radius 1 is 0.851 bits per heavy atom. The van der Waals surface area contributed by atoms with Crippen molar-refractivity contribution in [3.8, 4) is 11.8 Å². The maximum absolute atomic E-state index is 12.6. The van der Waals surface area contributed by atoms with E-state index in [4.69, 9.17) is 4.74 Å². The Balaban J connectivity index is 2.72.